The van der Waals surface area contributed by atoms with Gasteiger partial charge in [-0.1, -0.05) is 12.1 Å². The molecule has 0 unspecified atom stereocenters. The molecule has 0 radical (unpaired) electrons. The fourth-order valence-electron chi connectivity index (χ4n) is 3.44. The maximum atomic E-state index is 9.50. The van der Waals surface area contributed by atoms with Crippen LogP contribution in [0.3, 0.4) is 0 Å². The lowest BCUT2D eigenvalue weighted by Gasteiger charge is -2.22. The van der Waals surface area contributed by atoms with Crippen LogP contribution in [0.5, 0.6) is 5.75 Å². The van der Waals surface area contributed by atoms with Gasteiger partial charge in [0.15, 0.2) is 0 Å². The summed E-state index contributed by atoms with van der Waals surface area (Å²) < 4.78 is 0. The van der Waals surface area contributed by atoms with E-state index in [2.05, 4.69) is 11.0 Å². The molecule has 1 saturated carbocycles. The molecular formula is C15H21NO. The zero-order valence-electron chi connectivity index (χ0n) is 10.3. The maximum Gasteiger partial charge on any atom is 0.115 e. The summed E-state index contributed by atoms with van der Waals surface area (Å²) in [5, 5.41) is 9.50. The SMILES string of the molecule is Oc1cccc(CN2CC3CCC(CC3)C2)c1. The highest BCUT2D eigenvalue weighted by atomic mass is 16.3. The van der Waals surface area contributed by atoms with Gasteiger partial charge in [0.05, 0.1) is 0 Å². The Labute approximate surface area is 103 Å². The van der Waals surface area contributed by atoms with Gasteiger partial charge in [-0.3, -0.25) is 4.90 Å². The number of benzene rings is 1. The maximum absolute atomic E-state index is 9.50. The van der Waals surface area contributed by atoms with Crippen LogP contribution < -0.4 is 0 Å². The Morgan fingerprint density at radius 1 is 1.06 bits per heavy atom. The van der Waals surface area contributed by atoms with Crippen molar-refractivity contribution in [2.75, 3.05) is 13.1 Å². The number of hydrogen-bond donors (Lipinski definition) is 1. The lowest BCUT2D eigenvalue weighted by Crippen LogP contribution is -2.27. The van der Waals surface area contributed by atoms with Gasteiger partial charge in [0.2, 0.25) is 0 Å². The van der Waals surface area contributed by atoms with E-state index in [-0.39, 0.29) is 0 Å². The molecule has 1 aliphatic carbocycles. The van der Waals surface area contributed by atoms with E-state index in [1.807, 2.05) is 12.1 Å². The number of nitrogens with zero attached hydrogens (tertiary/aromatic N) is 1. The minimum atomic E-state index is 0.389. The van der Waals surface area contributed by atoms with Gasteiger partial charge < -0.3 is 5.11 Å². The summed E-state index contributed by atoms with van der Waals surface area (Å²) >= 11 is 0. The molecule has 1 aromatic rings. The highest BCUT2D eigenvalue weighted by molar-refractivity contribution is 5.27. The molecule has 0 amide bonds. The fraction of sp³-hybridized carbons (Fsp3) is 0.600. The number of fused-ring (bicyclic) bond motifs is 4. The molecule has 17 heavy (non-hydrogen) atoms. The summed E-state index contributed by atoms with van der Waals surface area (Å²) in [7, 11) is 0. The molecule has 4 rings (SSSR count). The van der Waals surface area contributed by atoms with Gasteiger partial charge in [0, 0.05) is 19.6 Å². The number of rotatable bonds is 2. The van der Waals surface area contributed by atoms with Crippen molar-refractivity contribution in [1.82, 2.24) is 4.90 Å². The van der Waals surface area contributed by atoms with Crippen molar-refractivity contribution >= 4 is 0 Å². The van der Waals surface area contributed by atoms with Crippen molar-refractivity contribution in [1.29, 1.82) is 0 Å². The van der Waals surface area contributed by atoms with Crippen molar-refractivity contribution in [3.05, 3.63) is 29.8 Å². The first-order valence-corrected chi connectivity index (χ1v) is 6.80. The molecule has 3 fully saturated rings. The third-order valence-corrected chi connectivity index (χ3v) is 4.32. The van der Waals surface area contributed by atoms with E-state index in [0.717, 1.165) is 18.4 Å². The first-order valence-electron chi connectivity index (χ1n) is 6.80. The summed E-state index contributed by atoms with van der Waals surface area (Å²) in [5.74, 6) is 2.23. The average Bonchev–Trinajstić information content (AvgIpc) is 2.61. The van der Waals surface area contributed by atoms with E-state index >= 15 is 0 Å². The van der Waals surface area contributed by atoms with Crippen LogP contribution in [0.25, 0.3) is 0 Å². The summed E-state index contributed by atoms with van der Waals surface area (Å²) in [5.41, 5.74) is 1.24. The summed E-state index contributed by atoms with van der Waals surface area (Å²) in [6.45, 7) is 3.51. The molecule has 3 aliphatic rings. The van der Waals surface area contributed by atoms with Crippen LogP contribution in [0.2, 0.25) is 0 Å². The van der Waals surface area contributed by atoms with Gasteiger partial charge in [0.1, 0.15) is 5.75 Å². The number of aromatic hydroxyl groups is 1. The summed E-state index contributed by atoms with van der Waals surface area (Å²) in [6, 6.07) is 7.70. The monoisotopic (exact) mass is 231 g/mol. The topological polar surface area (TPSA) is 23.5 Å². The predicted molar refractivity (Wildman–Crippen MR) is 68.8 cm³/mol. The Balaban J connectivity index is 1.69. The van der Waals surface area contributed by atoms with E-state index in [0.29, 0.717) is 5.75 Å². The van der Waals surface area contributed by atoms with E-state index in [9.17, 15) is 5.11 Å². The second-order valence-corrected chi connectivity index (χ2v) is 5.75. The number of phenolic OH excluding ortho intramolecular Hbond substituents is 1. The van der Waals surface area contributed by atoms with E-state index in [4.69, 9.17) is 0 Å². The van der Waals surface area contributed by atoms with Gasteiger partial charge in [0.25, 0.3) is 0 Å². The highest BCUT2D eigenvalue weighted by Gasteiger charge is 2.29. The van der Waals surface area contributed by atoms with Crippen molar-refractivity contribution < 1.29 is 5.11 Å². The molecular weight excluding hydrogens is 210 g/mol. The van der Waals surface area contributed by atoms with Crippen molar-refractivity contribution in [3.8, 4) is 5.75 Å². The minimum absolute atomic E-state index is 0.389. The molecule has 2 heteroatoms. The van der Waals surface area contributed by atoms with E-state index < -0.39 is 0 Å². The van der Waals surface area contributed by atoms with Gasteiger partial charge >= 0.3 is 0 Å². The Hall–Kier alpha value is -1.02. The molecule has 92 valence electrons. The molecule has 0 atom stereocenters. The van der Waals surface area contributed by atoms with Crippen molar-refractivity contribution in [3.63, 3.8) is 0 Å². The third kappa shape index (κ3) is 2.63. The van der Waals surface area contributed by atoms with Crippen LogP contribution in [0.4, 0.5) is 0 Å². The first-order chi connectivity index (χ1) is 8.29. The van der Waals surface area contributed by atoms with Gasteiger partial charge in [-0.05, 0) is 55.2 Å². The highest BCUT2D eigenvalue weighted by Crippen LogP contribution is 2.34. The van der Waals surface area contributed by atoms with Crippen LogP contribution in [0.15, 0.2) is 24.3 Å². The van der Waals surface area contributed by atoms with E-state index in [1.54, 1.807) is 6.07 Å². The summed E-state index contributed by atoms with van der Waals surface area (Å²) in [6.07, 6.45) is 5.73. The molecule has 1 aromatic carbocycles. The number of phenols is 1. The lowest BCUT2D eigenvalue weighted by atomic mass is 9.84. The normalized spacial score (nSPS) is 29.2. The molecule has 1 N–H and O–H groups in total. The fourth-order valence-corrected chi connectivity index (χ4v) is 3.44. The van der Waals surface area contributed by atoms with Gasteiger partial charge in [-0.15, -0.1) is 0 Å². The molecule has 2 saturated heterocycles. The van der Waals surface area contributed by atoms with Crippen LogP contribution in [0.1, 0.15) is 31.2 Å². The number of hydrogen-bond acceptors (Lipinski definition) is 2. The second kappa shape index (κ2) is 4.69. The Morgan fingerprint density at radius 2 is 1.71 bits per heavy atom. The average molecular weight is 231 g/mol. The van der Waals surface area contributed by atoms with Crippen molar-refractivity contribution in [2.45, 2.75) is 32.2 Å². The van der Waals surface area contributed by atoms with Gasteiger partial charge in [-0.2, -0.15) is 0 Å². The largest absolute Gasteiger partial charge is 0.508 e. The lowest BCUT2D eigenvalue weighted by molar-refractivity contribution is 0.244. The first kappa shape index (κ1) is 11.1. The van der Waals surface area contributed by atoms with Crippen LogP contribution in [0, 0.1) is 11.8 Å². The minimum Gasteiger partial charge on any atom is -0.508 e. The van der Waals surface area contributed by atoms with Crippen LogP contribution in [-0.2, 0) is 6.54 Å². The summed E-state index contributed by atoms with van der Waals surface area (Å²) in [4.78, 5) is 2.59. The molecule has 0 aromatic heterocycles. The van der Waals surface area contributed by atoms with Crippen LogP contribution >= 0.6 is 0 Å². The molecule has 2 aliphatic heterocycles. The standard InChI is InChI=1S/C15H21NO/c17-15-3-1-2-14(8-15)11-16-9-12-4-5-13(10-16)7-6-12/h1-3,8,12-13,17H,4-7,9-11H2. The predicted octanol–water partition coefficient (Wildman–Crippen LogP) is 3.01. The van der Waals surface area contributed by atoms with Crippen LogP contribution in [-0.4, -0.2) is 23.1 Å². The quantitative estimate of drug-likeness (QED) is 0.845. The Bertz CT molecular complexity index is 368. The smallest absolute Gasteiger partial charge is 0.115 e. The zero-order chi connectivity index (χ0) is 11.7. The van der Waals surface area contributed by atoms with Crippen molar-refractivity contribution in [2.24, 2.45) is 11.8 Å². The molecule has 2 nitrogen and oxygen atoms in total. The zero-order valence-corrected chi connectivity index (χ0v) is 10.3. The molecule has 2 heterocycles. The second-order valence-electron chi connectivity index (χ2n) is 5.75. The van der Waals surface area contributed by atoms with Gasteiger partial charge in [-0.25, -0.2) is 0 Å². The molecule has 0 spiro atoms. The third-order valence-electron chi connectivity index (χ3n) is 4.32. The molecule has 2 bridgehead atoms. The Kier molecular flexibility index (Phi) is 3.06. The Morgan fingerprint density at radius 3 is 2.29 bits per heavy atom. The van der Waals surface area contributed by atoms with E-state index in [1.165, 1.54) is 44.3 Å².